The highest BCUT2D eigenvalue weighted by molar-refractivity contribution is 6.06. The predicted molar refractivity (Wildman–Crippen MR) is 89.3 cm³/mol. The number of carbonyl (C=O) groups excluding carboxylic acids is 3. The Labute approximate surface area is 144 Å². The van der Waals surface area contributed by atoms with E-state index in [1.807, 2.05) is 0 Å². The van der Waals surface area contributed by atoms with Gasteiger partial charge < -0.3 is 5.32 Å². The lowest BCUT2D eigenvalue weighted by Gasteiger charge is -2.18. The van der Waals surface area contributed by atoms with Crippen LogP contribution in [-0.2, 0) is 9.59 Å². The van der Waals surface area contributed by atoms with Gasteiger partial charge in [0, 0.05) is 18.8 Å². The minimum atomic E-state index is -0.581. The lowest BCUT2D eigenvalue weighted by Crippen LogP contribution is -2.36. The van der Waals surface area contributed by atoms with Crippen molar-refractivity contribution in [3.63, 3.8) is 0 Å². The molecular weight excluding hydrogens is 323 g/mol. The second-order valence-electron chi connectivity index (χ2n) is 6.97. The Morgan fingerprint density at radius 2 is 1.84 bits per heavy atom. The zero-order valence-electron chi connectivity index (χ0n) is 13.9. The van der Waals surface area contributed by atoms with E-state index in [9.17, 15) is 18.8 Å². The Balaban J connectivity index is 1.44. The minimum Gasteiger partial charge on any atom is -0.383 e. The molecule has 0 unspecified atom stereocenters. The second-order valence-corrected chi connectivity index (χ2v) is 6.97. The number of amides is 2. The third-order valence-electron chi connectivity index (χ3n) is 5.58. The lowest BCUT2D eigenvalue weighted by atomic mass is 9.85. The van der Waals surface area contributed by atoms with Crippen molar-refractivity contribution in [2.24, 2.45) is 23.7 Å². The molecule has 2 amide bonds. The summed E-state index contributed by atoms with van der Waals surface area (Å²) in [6, 6.07) is 4.37. The number of imide groups is 1. The summed E-state index contributed by atoms with van der Waals surface area (Å²) in [6.45, 7) is 1.81. The molecule has 4 atom stereocenters. The van der Waals surface area contributed by atoms with Gasteiger partial charge in [0.25, 0.3) is 0 Å². The lowest BCUT2D eigenvalue weighted by molar-refractivity contribution is -0.140. The zero-order chi connectivity index (χ0) is 17.7. The molecular formula is C19H19FN2O3. The Bertz CT molecular complexity index is 774. The Hall–Kier alpha value is -2.50. The third kappa shape index (κ3) is 2.39. The molecule has 1 N–H and O–H groups in total. The maximum atomic E-state index is 13.8. The van der Waals surface area contributed by atoms with Gasteiger partial charge in [-0.2, -0.15) is 0 Å². The molecule has 3 aliphatic rings. The Kier molecular flexibility index (Phi) is 3.71. The normalized spacial score (nSPS) is 29.4. The van der Waals surface area contributed by atoms with E-state index in [2.05, 4.69) is 17.5 Å². The van der Waals surface area contributed by atoms with Gasteiger partial charge >= 0.3 is 0 Å². The quantitative estimate of drug-likeness (QED) is 0.506. The number of allylic oxidation sites excluding steroid dienone is 2. The molecule has 0 aromatic heterocycles. The molecule has 1 saturated carbocycles. The van der Waals surface area contributed by atoms with Crippen LogP contribution in [0.15, 0.2) is 30.4 Å². The smallest absolute Gasteiger partial charge is 0.233 e. The van der Waals surface area contributed by atoms with Crippen molar-refractivity contribution in [2.45, 2.75) is 13.3 Å². The van der Waals surface area contributed by atoms with Crippen molar-refractivity contribution in [3.8, 4) is 0 Å². The summed E-state index contributed by atoms with van der Waals surface area (Å²) in [7, 11) is 0. The Morgan fingerprint density at radius 1 is 1.20 bits per heavy atom. The standard InChI is InChI=1S/C19H19FN2O3/c1-10(23)15-13(20)3-2-4-14(15)21-7-8-22-18(24)16-11-5-6-12(9-11)17(16)19(22)25/h2-6,11-12,16-17,21H,7-9H2,1H3/t11-,12-,16-,17-/m0/s1. The summed E-state index contributed by atoms with van der Waals surface area (Å²) < 4.78 is 13.8. The predicted octanol–water partition coefficient (Wildman–Crippen LogP) is 2.25. The molecule has 1 aromatic rings. The first-order valence-corrected chi connectivity index (χ1v) is 8.56. The first-order chi connectivity index (χ1) is 12.0. The Morgan fingerprint density at radius 3 is 2.44 bits per heavy atom. The average Bonchev–Trinajstić information content (AvgIpc) is 3.23. The number of hydrogen-bond donors (Lipinski definition) is 1. The number of benzene rings is 1. The highest BCUT2D eigenvalue weighted by Crippen LogP contribution is 2.52. The number of nitrogens with one attached hydrogen (secondary N) is 1. The van der Waals surface area contributed by atoms with E-state index >= 15 is 0 Å². The molecule has 4 rings (SSSR count). The maximum absolute atomic E-state index is 13.8. The summed E-state index contributed by atoms with van der Waals surface area (Å²) in [5, 5.41) is 2.98. The number of nitrogens with zero attached hydrogens (tertiary/aromatic N) is 1. The van der Waals surface area contributed by atoms with Crippen LogP contribution in [0.1, 0.15) is 23.7 Å². The molecule has 130 valence electrons. The first-order valence-electron chi connectivity index (χ1n) is 8.56. The van der Waals surface area contributed by atoms with Crippen LogP contribution in [0, 0.1) is 29.5 Å². The molecule has 1 aromatic carbocycles. The number of anilines is 1. The van der Waals surface area contributed by atoms with Crippen LogP contribution in [0.3, 0.4) is 0 Å². The first kappa shape index (κ1) is 16.0. The summed E-state index contributed by atoms with van der Waals surface area (Å²) >= 11 is 0. The van der Waals surface area contributed by atoms with Crippen molar-refractivity contribution >= 4 is 23.3 Å². The van der Waals surface area contributed by atoms with Crippen molar-refractivity contribution < 1.29 is 18.8 Å². The minimum absolute atomic E-state index is 0.000638. The van der Waals surface area contributed by atoms with Gasteiger partial charge in [-0.15, -0.1) is 0 Å². The van der Waals surface area contributed by atoms with E-state index in [0.717, 1.165) is 6.42 Å². The van der Waals surface area contributed by atoms with E-state index in [1.54, 1.807) is 6.07 Å². The molecule has 2 fully saturated rings. The molecule has 1 saturated heterocycles. The van der Waals surface area contributed by atoms with Gasteiger partial charge in [0.05, 0.1) is 17.4 Å². The van der Waals surface area contributed by atoms with Gasteiger partial charge in [0.2, 0.25) is 11.8 Å². The molecule has 2 aliphatic carbocycles. The van der Waals surface area contributed by atoms with E-state index in [-0.39, 0.29) is 59.9 Å². The van der Waals surface area contributed by atoms with Crippen LogP contribution >= 0.6 is 0 Å². The number of halogens is 1. The molecule has 0 radical (unpaired) electrons. The molecule has 5 nitrogen and oxygen atoms in total. The van der Waals surface area contributed by atoms with E-state index < -0.39 is 5.82 Å². The monoisotopic (exact) mass is 342 g/mol. The van der Waals surface area contributed by atoms with Crippen molar-refractivity contribution in [2.75, 3.05) is 18.4 Å². The van der Waals surface area contributed by atoms with Gasteiger partial charge in [-0.3, -0.25) is 19.3 Å². The number of Topliss-reactive ketones (excluding diaryl/α,β-unsaturated/α-hetero) is 1. The van der Waals surface area contributed by atoms with E-state index in [4.69, 9.17) is 0 Å². The third-order valence-corrected chi connectivity index (χ3v) is 5.58. The fraction of sp³-hybridized carbons (Fsp3) is 0.421. The summed E-state index contributed by atoms with van der Waals surface area (Å²) in [5.74, 6) is -1.17. The molecule has 25 heavy (non-hydrogen) atoms. The fourth-order valence-electron chi connectivity index (χ4n) is 4.52. The van der Waals surface area contributed by atoms with E-state index in [0.29, 0.717) is 5.69 Å². The van der Waals surface area contributed by atoms with Gasteiger partial charge in [0.15, 0.2) is 5.78 Å². The number of fused-ring (bicyclic) bond motifs is 5. The summed E-state index contributed by atoms with van der Waals surface area (Å²) in [4.78, 5) is 38.1. The van der Waals surface area contributed by atoms with Gasteiger partial charge in [-0.1, -0.05) is 18.2 Å². The second kappa shape index (κ2) is 5.79. The summed E-state index contributed by atoms with van der Waals surface area (Å²) in [5.41, 5.74) is 0.384. The highest BCUT2D eigenvalue weighted by atomic mass is 19.1. The van der Waals surface area contributed by atoms with Crippen LogP contribution in [-0.4, -0.2) is 35.6 Å². The molecule has 6 heteroatoms. The maximum Gasteiger partial charge on any atom is 0.233 e. The van der Waals surface area contributed by atoms with Crippen molar-refractivity contribution in [1.82, 2.24) is 4.90 Å². The molecule has 1 aliphatic heterocycles. The fourth-order valence-corrected chi connectivity index (χ4v) is 4.52. The molecule has 1 heterocycles. The van der Waals surface area contributed by atoms with Crippen LogP contribution in [0.2, 0.25) is 0 Å². The molecule has 2 bridgehead atoms. The number of likely N-dealkylation sites (tertiary alicyclic amines) is 1. The van der Waals surface area contributed by atoms with Crippen LogP contribution in [0.5, 0.6) is 0 Å². The summed E-state index contributed by atoms with van der Waals surface area (Å²) in [6.07, 6.45) is 5.03. The largest absolute Gasteiger partial charge is 0.383 e. The number of carbonyl (C=O) groups is 3. The number of hydrogen-bond acceptors (Lipinski definition) is 4. The topological polar surface area (TPSA) is 66.5 Å². The zero-order valence-corrected chi connectivity index (χ0v) is 13.9. The average molecular weight is 342 g/mol. The van der Waals surface area contributed by atoms with E-state index in [1.165, 1.54) is 24.0 Å². The van der Waals surface area contributed by atoms with Gasteiger partial charge in [-0.05, 0) is 37.3 Å². The van der Waals surface area contributed by atoms with Crippen molar-refractivity contribution in [1.29, 1.82) is 0 Å². The van der Waals surface area contributed by atoms with Gasteiger partial charge in [0.1, 0.15) is 5.82 Å². The number of ketones is 1. The van der Waals surface area contributed by atoms with Crippen LogP contribution < -0.4 is 5.32 Å². The highest BCUT2D eigenvalue weighted by Gasteiger charge is 2.58. The van der Waals surface area contributed by atoms with Crippen LogP contribution in [0.4, 0.5) is 10.1 Å². The van der Waals surface area contributed by atoms with Crippen molar-refractivity contribution in [3.05, 3.63) is 41.7 Å². The molecule has 0 spiro atoms. The van der Waals surface area contributed by atoms with Gasteiger partial charge in [-0.25, -0.2) is 4.39 Å². The van der Waals surface area contributed by atoms with Crippen LogP contribution in [0.25, 0.3) is 0 Å². The number of rotatable bonds is 5. The SMILES string of the molecule is CC(=O)c1c(F)cccc1NCCN1C(=O)[C@@H]2[C@@H](C1=O)[C@H]1C=C[C@H]2C1.